The lowest BCUT2D eigenvalue weighted by Gasteiger charge is -2.08. The van der Waals surface area contributed by atoms with Gasteiger partial charge in [-0.1, -0.05) is 42.1 Å². The van der Waals surface area contributed by atoms with Gasteiger partial charge in [-0.05, 0) is 18.6 Å². The highest BCUT2D eigenvalue weighted by Gasteiger charge is 2.15. The average Bonchev–Trinajstić information content (AvgIpc) is 3.05. The van der Waals surface area contributed by atoms with Crippen molar-refractivity contribution in [3.05, 3.63) is 46.8 Å². The number of benzene rings is 1. The molecule has 0 aliphatic rings. The molecule has 5 nitrogen and oxygen atoms in total. The average molecular weight is 360 g/mol. The van der Waals surface area contributed by atoms with Crippen LogP contribution in [0.2, 0.25) is 0 Å². The van der Waals surface area contributed by atoms with Gasteiger partial charge in [-0.3, -0.25) is 14.2 Å². The number of rotatable bonds is 5. The summed E-state index contributed by atoms with van der Waals surface area (Å²) in [5, 5.41) is 0.540. The fourth-order valence-corrected chi connectivity index (χ4v) is 4.25. The first kappa shape index (κ1) is 16.7. The van der Waals surface area contributed by atoms with Gasteiger partial charge in [-0.2, -0.15) is 0 Å². The molecule has 0 bridgehead atoms. The molecule has 0 N–H and O–H groups in total. The molecule has 0 radical (unpaired) electrons. The highest BCUT2D eigenvalue weighted by atomic mass is 32.2. The first-order valence-electron chi connectivity index (χ1n) is 7.43. The second-order valence-corrected chi connectivity index (χ2v) is 6.99. The SMILES string of the molecule is CCn1c(SCC(=O)OC)nc2cc(-c3ccccc3)sc2c1=O. The van der Waals surface area contributed by atoms with Gasteiger partial charge in [0.25, 0.3) is 5.56 Å². The number of nitrogens with zero attached hydrogens (tertiary/aromatic N) is 2. The number of carbonyl (C=O) groups excluding carboxylic acids is 1. The van der Waals surface area contributed by atoms with E-state index in [0.717, 1.165) is 10.4 Å². The summed E-state index contributed by atoms with van der Waals surface area (Å²) in [5.41, 5.74) is 1.66. The third kappa shape index (κ3) is 3.22. The van der Waals surface area contributed by atoms with Crippen LogP contribution in [0.15, 0.2) is 46.3 Å². The molecule has 0 atom stereocenters. The molecule has 0 saturated heterocycles. The highest BCUT2D eigenvalue weighted by molar-refractivity contribution is 7.99. The maximum absolute atomic E-state index is 12.7. The van der Waals surface area contributed by atoms with Gasteiger partial charge in [0.1, 0.15) is 4.70 Å². The molecule has 2 heterocycles. The normalized spacial score (nSPS) is 10.9. The maximum atomic E-state index is 12.7. The topological polar surface area (TPSA) is 61.2 Å². The molecule has 124 valence electrons. The molecule has 0 fully saturated rings. The summed E-state index contributed by atoms with van der Waals surface area (Å²) < 4.78 is 6.89. The Kier molecular flexibility index (Phi) is 5.01. The Morgan fingerprint density at radius 3 is 2.75 bits per heavy atom. The van der Waals surface area contributed by atoms with Crippen molar-refractivity contribution in [2.75, 3.05) is 12.9 Å². The number of esters is 1. The van der Waals surface area contributed by atoms with Crippen LogP contribution in [0.3, 0.4) is 0 Å². The predicted molar refractivity (Wildman–Crippen MR) is 97.7 cm³/mol. The molecule has 0 aliphatic heterocycles. The van der Waals surface area contributed by atoms with Crippen molar-refractivity contribution in [2.45, 2.75) is 18.6 Å². The highest BCUT2D eigenvalue weighted by Crippen LogP contribution is 2.31. The van der Waals surface area contributed by atoms with Crippen molar-refractivity contribution >= 4 is 39.3 Å². The van der Waals surface area contributed by atoms with Gasteiger partial charge in [0.2, 0.25) is 0 Å². The summed E-state index contributed by atoms with van der Waals surface area (Å²) in [7, 11) is 1.34. The summed E-state index contributed by atoms with van der Waals surface area (Å²) in [5.74, 6) is -0.211. The first-order valence-corrected chi connectivity index (χ1v) is 9.23. The maximum Gasteiger partial charge on any atom is 0.316 e. The van der Waals surface area contributed by atoms with Gasteiger partial charge in [0.15, 0.2) is 5.16 Å². The lowest BCUT2D eigenvalue weighted by atomic mass is 10.2. The van der Waals surface area contributed by atoms with E-state index in [2.05, 4.69) is 9.72 Å². The molecule has 0 aliphatic carbocycles. The van der Waals surface area contributed by atoms with Crippen LogP contribution >= 0.6 is 23.1 Å². The van der Waals surface area contributed by atoms with Crippen LogP contribution in [-0.2, 0) is 16.1 Å². The van der Waals surface area contributed by atoms with E-state index in [1.54, 1.807) is 4.57 Å². The Labute approximate surface area is 147 Å². The molecule has 0 saturated carbocycles. The number of thiophene rings is 1. The first-order chi connectivity index (χ1) is 11.6. The summed E-state index contributed by atoms with van der Waals surface area (Å²) in [6, 6.07) is 11.8. The molecular weight excluding hydrogens is 344 g/mol. The quantitative estimate of drug-likeness (QED) is 0.396. The molecule has 3 aromatic rings. The molecule has 24 heavy (non-hydrogen) atoms. The summed E-state index contributed by atoms with van der Waals surface area (Å²) >= 11 is 2.67. The minimum absolute atomic E-state index is 0.0675. The van der Waals surface area contributed by atoms with Gasteiger partial charge in [-0.15, -0.1) is 11.3 Å². The lowest BCUT2D eigenvalue weighted by Crippen LogP contribution is -2.22. The number of ether oxygens (including phenoxy) is 1. The Morgan fingerprint density at radius 2 is 2.08 bits per heavy atom. The smallest absolute Gasteiger partial charge is 0.316 e. The molecule has 0 amide bonds. The van der Waals surface area contributed by atoms with Crippen molar-refractivity contribution in [3.8, 4) is 10.4 Å². The Balaban J connectivity index is 2.07. The van der Waals surface area contributed by atoms with E-state index >= 15 is 0 Å². The van der Waals surface area contributed by atoms with E-state index in [0.29, 0.717) is 21.9 Å². The second-order valence-electron chi connectivity index (χ2n) is 5.00. The van der Waals surface area contributed by atoms with Crippen LogP contribution in [-0.4, -0.2) is 28.4 Å². The Hall–Kier alpha value is -2.12. The van der Waals surface area contributed by atoms with Crippen molar-refractivity contribution in [3.63, 3.8) is 0 Å². The Bertz CT molecular complexity index is 932. The van der Waals surface area contributed by atoms with Crippen molar-refractivity contribution in [2.24, 2.45) is 0 Å². The van der Waals surface area contributed by atoms with Gasteiger partial charge >= 0.3 is 5.97 Å². The molecule has 1 aromatic carbocycles. The minimum Gasteiger partial charge on any atom is -0.468 e. The molecule has 0 unspecified atom stereocenters. The van der Waals surface area contributed by atoms with E-state index in [1.807, 2.05) is 43.3 Å². The molecular formula is C17H16N2O3S2. The van der Waals surface area contributed by atoms with Crippen LogP contribution in [0, 0.1) is 0 Å². The molecule has 2 aromatic heterocycles. The van der Waals surface area contributed by atoms with Crippen molar-refractivity contribution in [1.82, 2.24) is 9.55 Å². The van der Waals surface area contributed by atoms with Gasteiger partial charge in [-0.25, -0.2) is 4.98 Å². The third-order valence-electron chi connectivity index (χ3n) is 3.52. The van der Waals surface area contributed by atoms with Crippen molar-refractivity contribution in [1.29, 1.82) is 0 Å². The molecule has 7 heteroatoms. The van der Waals surface area contributed by atoms with Crippen LogP contribution < -0.4 is 5.56 Å². The van der Waals surface area contributed by atoms with E-state index in [1.165, 1.54) is 30.2 Å². The van der Waals surface area contributed by atoms with E-state index in [9.17, 15) is 9.59 Å². The predicted octanol–water partition coefficient (Wildman–Crippen LogP) is 3.41. The van der Waals surface area contributed by atoms with Gasteiger partial charge in [0, 0.05) is 11.4 Å². The number of aromatic nitrogens is 2. The van der Waals surface area contributed by atoms with Crippen LogP contribution in [0.1, 0.15) is 6.92 Å². The number of hydrogen-bond acceptors (Lipinski definition) is 6. The number of thioether (sulfide) groups is 1. The zero-order chi connectivity index (χ0) is 17.1. The largest absolute Gasteiger partial charge is 0.468 e. The van der Waals surface area contributed by atoms with Crippen LogP contribution in [0.4, 0.5) is 0 Å². The number of carbonyl (C=O) groups is 1. The summed E-state index contributed by atoms with van der Waals surface area (Å²) in [6.07, 6.45) is 0. The molecule has 0 spiro atoms. The second kappa shape index (κ2) is 7.19. The van der Waals surface area contributed by atoms with E-state index in [4.69, 9.17) is 0 Å². The summed E-state index contributed by atoms with van der Waals surface area (Å²) in [4.78, 5) is 29.7. The van der Waals surface area contributed by atoms with Crippen LogP contribution in [0.5, 0.6) is 0 Å². The number of fused-ring (bicyclic) bond motifs is 1. The fourth-order valence-electron chi connectivity index (χ4n) is 2.31. The zero-order valence-corrected chi connectivity index (χ0v) is 14.9. The standard InChI is InChI=1S/C17H16N2O3S2/c1-3-19-16(21)15-12(18-17(19)23-10-14(20)22-2)9-13(24-15)11-7-5-4-6-8-11/h4-9H,3,10H2,1-2H3. The number of methoxy groups -OCH3 is 1. The van der Waals surface area contributed by atoms with E-state index in [-0.39, 0.29) is 17.3 Å². The lowest BCUT2D eigenvalue weighted by molar-refractivity contribution is -0.137. The third-order valence-corrected chi connectivity index (χ3v) is 5.63. The zero-order valence-electron chi connectivity index (χ0n) is 13.3. The van der Waals surface area contributed by atoms with Crippen LogP contribution in [0.25, 0.3) is 20.7 Å². The minimum atomic E-state index is -0.340. The Morgan fingerprint density at radius 1 is 1.33 bits per heavy atom. The molecule has 3 rings (SSSR count). The van der Waals surface area contributed by atoms with Crippen molar-refractivity contribution < 1.29 is 9.53 Å². The monoisotopic (exact) mass is 360 g/mol. The van der Waals surface area contributed by atoms with E-state index < -0.39 is 0 Å². The summed E-state index contributed by atoms with van der Waals surface area (Å²) in [6.45, 7) is 2.40. The van der Waals surface area contributed by atoms with Gasteiger partial charge < -0.3 is 4.74 Å². The van der Waals surface area contributed by atoms with Gasteiger partial charge in [0.05, 0.1) is 18.4 Å². The fraction of sp³-hybridized carbons (Fsp3) is 0.235. The number of hydrogen-bond donors (Lipinski definition) is 0.